The molecule has 3 N–H and O–H groups in total. The summed E-state index contributed by atoms with van der Waals surface area (Å²) in [5.41, 5.74) is 2.37. The van der Waals surface area contributed by atoms with Gasteiger partial charge in [0.1, 0.15) is 5.69 Å². The van der Waals surface area contributed by atoms with Crippen LogP contribution in [0, 0.1) is 10.1 Å². The zero-order chi connectivity index (χ0) is 15.6. The van der Waals surface area contributed by atoms with E-state index in [9.17, 15) is 14.9 Å². The lowest BCUT2D eigenvalue weighted by Crippen LogP contribution is -2.52. The van der Waals surface area contributed by atoms with Crippen LogP contribution in [0.25, 0.3) is 0 Å². The SMILES string of the molecule is CC1CN(C)CCN1C(=O)c1cccc([N+](=O)[O-])c1NN. The fourth-order valence-electron chi connectivity index (χ4n) is 2.62. The Morgan fingerprint density at radius 1 is 1.48 bits per heavy atom. The molecular weight excluding hydrogens is 274 g/mol. The van der Waals surface area contributed by atoms with E-state index in [1.54, 1.807) is 11.0 Å². The van der Waals surface area contributed by atoms with Crippen molar-refractivity contribution in [2.45, 2.75) is 13.0 Å². The standard InChI is InChI=1S/C13H19N5O3/c1-9-8-16(2)6-7-17(9)13(19)10-4-3-5-11(18(20)21)12(10)15-14/h3-5,9,15H,6-8,14H2,1-2H3. The average Bonchev–Trinajstić information content (AvgIpc) is 2.45. The molecule has 0 aliphatic carbocycles. The third-order valence-electron chi connectivity index (χ3n) is 3.71. The number of likely N-dealkylation sites (N-methyl/N-ethyl adjacent to an activating group) is 1. The lowest BCUT2D eigenvalue weighted by atomic mass is 10.1. The van der Waals surface area contributed by atoms with E-state index < -0.39 is 4.92 Å². The summed E-state index contributed by atoms with van der Waals surface area (Å²) in [4.78, 5) is 27.0. The van der Waals surface area contributed by atoms with Crippen LogP contribution in [-0.2, 0) is 0 Å². The maximum absolute atomic E-state index is 12.7. The molecule has 1 aromatic carbocycles. The Morgan fingerprint density at radius 2 is 2.19 bits per heavy atom. The van der Waals surface area contributed by atoms with Crippen LogP contribution in [0.1, 0.15) is 17.3 Å². The summed E-state index contributed by atoms with van der Waals surface area (Å²) in [7, 11) is 2.00. The van der Waals surface area contributed by atoms with E-state index in [0.29, 0.717) is 6.54 Å². The molecule has 21 heavy (non-hydrogen) atoms. The predicted octanol–water partition coefficient (Wildman–Crippen LogP) is 0.656. The Hall–Kier alpha value is -2.19. The minimum absolute atomic E-state index is 0.0427. The van der Waals surface area contributed by atoms with Gasteiger partial charge >= 0.3 is 0 Å². The molecule has 1 aromatic rings. The van der Waals surface area contributed by atoms with Crippen molar-refractivity contribution in [2.75, 3.05) is 32.1 Å². The number of nitro groups is 1. The van der Waals surface area contributed by atoms with Gasteiger partial charge in [0.25, 0.3) is 11.6 Å². The molecular formula is C13H19N5O3. The van der Waals surface area contributed by atoms with Crippen molar-refractivity contribution < 1.29 is 9.72 Å². The van der Waals surface area contributed by atoms with Gasteiger partial charge in [0, 0.05) is 31.7 Å². The maximum atomic E-state index is 12.7. The van der Waals surface area contributed by atoms with Crippen molar-refractivity contribution in [2.24, 2.45) is 5.84 Å². The number of hydrogen-bond acceptors (Lipinski definition) is 6. The fraction of sp³-hybridized carbons (Fsp3) is 0.462. The van der Waals surface area contributed by atoms with Gasteiger partial charge < -0.3 is 15.2 Å². The first kappa shape index (κ1) is 15.2. The van der Waals surface area contributed by atoms with Crippen molar-refractivity contribution in [1.82, 2.24) is 9.80 Å². The molecule has 1 aliphatic heterocycles. The number of rotatable bonds is 3. The smallest absolute Gasteiger partial charge is 0.294 e. The monoisotopic (exact) mass is 293 g/mol. The van der Waals surface area contributed by atoms with Crippen LogP contribution in [0.4, 0.5) is 11.4 Å². The Bertz CT molecular complexity index is 563. The molecule has 1 aliphatic rings. The first-order chi connectivity index (χ1) is 9.95. The second kappa shape index (κ2) is 6.06. The van der Waals surface area contributed by atoms with Gasteiger partial charge in [-0.15, -0.1) is 0 Å². The van der Waals surface area contributed by atoms with Crippen LogP contribution in [0.2, 0.25) is 0 Å². The summed E-state index contributed by atoms with van der Waals surface area (Å²) >= 11 is 0. The molecule has 1 fully saturated rings. The van der Waals surface area contributed by atoms with Crippen LogP contribution < -0.4 is 11.3 Å². The van der Waals surface area contributed by atoms with E-state index in [-0.39, 0.29) is 28.9 Å². The van der Waals surface area contributed by atoms with Crippen molar-refractivity contribution in [3.05, 3.63) is 33.9 Å². The molecule has 1 saturated heterocycles. The zero-order valence-electron chi connectivity index (χ0n) is 12.1. The van der Waals surface area contributed by atoms with E-state index in [1.807, 2.05) is 14.0 Å². The summed E-state index contributed by atoms with van der Waals surface area (Å²) in [5, 5.41) is 11.0. The number of carbonyl (C=O) groups excluding carboxylic acids is 1. The first-order valence-electron chi connectivity index (χ1n) is 6.69. The quantitative estimate of drug-likeness (QED) is 0.482. The normalized spacial score (nSPS) is 19.4. The number of para-hydroxylation sites is 1. The Kier molecular flexibility index (Phi) is 4.39. The molecule has 0 saturated carbocycles. The first-order valence-corrected chi connectivity index (χ1v) is 6.69. The molecule has 1 unspecified atom stereocenters. The van der Waals surface area contributed by atoms with E-state index in [2.05, 4.69) is 10.3 Å². The molecule has 1 amide bonds. The van der Waals surface area contributed by atoms with Gasteiger partial charge in [-0.25, -0.2) is 0 Å². The van der Waals surface area contributed by atoms with Crippen molar-refractivity contribution in [3.8, 4) is 0 Å². The summed E-state index contributed by atoms with van der Waals surface area (Å²) in [6, 6.07) is 4.41. The summed E-state index contributed by atoms with van der Waals surface area (Å²) < 4.78 is 0. The highest BCUT2D eigenvalue weighted by Gasteiger charge is 2.30. The number of benzene rings is 1. The minimum Gasteiger partial charge on any atom is -0.333 e. The molecule has 114 valence electrons. The van der Waals surface area contributed by atoms with Crippen LogP contribution in [-0.4, -0.2) is 53.4 Å². The largest absolute Gasteiger partial charge is 0.333 e. The lowest BCUT2D eigenvalue weighted by molar-refractivity contribution is -0.384. The molecule has 1 atom stereocenters. The number of carbonyl (C=O) groups is 1. The van der Waals surface area contributed by atoms with Gasteiger partial charge in [0.15, 0.2) is 0 Å². The molecule has 1 heterocycles. The summed E-state index contributed by atoms with van der Waals surface area (Å²) in [6.07, 6.45) is 0. The fourth-order valence-corrected chi connectivity index (χ4v) is 2.62. The van der Waals surface area contributed by atoms with E-state index in [1.165, 1.54) is 12.1 Å². The van der Waals surface area contributed by atoms with Crippen LogP contribution in [0.3, 0.4) is 0 Å². The van der Waals surface area contributed by atoms with Crippen LogP contribution >= 0.6 is 0 Å². The van der Waals surface area contributed by atoms with Crippen LogP contribution in [0.15, 0.2) is 18.2 Å². The van der Waals surface area contributed by atoms with Gasteiger partial charge in [0.2, 0.25) is 0 Å². The number of anilines is 1. The highest BCUT2D eigenvalue weighted by Crippen LogP contribution is 2.29. The number of nitrogen functional groups attached to an aromatic ring is 1. The Labute approximate surface area is 122 Å². The second-order valence-electron chi connectivity index (χ2n) is 5.21. The number of nitrogens with one attached hydrogen (secondary N) is 1. The van der Waals surface area contributed by atoms with Crippen molar-refractivity contribution >= 4 is 17.3 Å². The average molecular weight is 293 g/mol. The van der Waals surface area contributed by atoms with E-state index in [4.69, 9.17) is 5.84 Å². The van der Waals surface area contributed by atoms with E-state index in [0.717, 1.165) is 13.1 Å². The molecule has 2 rings (SSSR count). The number of hydrazine groups is 1. The third kappa shape index (κ3) is 2.96. The van der Waals surface area contributed by atoms with Gasteiger partial charge in [-0.3, -0.25) is 20.8 Å². The zero-order valence-corrected chi connectivity index (χ0v) is 12.1. The number of hydrogen-bond donors (Lipinski definition) is 2. The lowest BCUT2D eigenvalue weighted by Gasteiger charge is -2.38. The second-order valence-corrected chi connectivity index (χ2v) is 5.21. The van der Waals surface area contributed by atoms with Gasteiger partial charge in [-0.1, -0.05) is 6.07 Å². The highest BCUT2D eigenvalue weighted by atomic mass is 16.6. The van der Waals surface area contributed by atoms with Gasteiger partial charge in [-0.2, -0.15) is 0 Å². The molecule has 8 nitrogen and oxygen atoms in total. The number of nitrogens with zero attached hydrogens (tertiary/aromatic N) is 3. The molecule has 8 heteroatoms. The number of amides is 1. The van der Waals surface area contributed by atoms with Gasteiger partial charge in [-0.05, 0) is 20.0 Å². The van der Waals surface area contributed by atoms with Crippen molar-refractivity contribution in [1.29, 1.82) is 0 Å². The highest BCUT2D eigenvalue weighted by molar-refractivity contribution is 6.01. The molecule has 0 radical (unpaired) electrons. The van der Waals surface area contributed by atoms with Gasteiger partial charge in [0.05, 0.1) is 10.5 Å². The Morgan fingerprint density at radius 3 is 2.76 bits per heavy atom. The molecule has 0 spiro atoms. The molecule has 0 bridgehead atoms. The van der Waals surface area contributed by atoms with Crippen LogP contribution in [0.5, 0.6) is 0 Å². The summed E-state index contributed by atoms with van der Waals surface area (Å²) in [6.45, 7) is 4.09. The minimum atomic E-state index is -0.556. The number of nitrogens with two attached hydrogens (primary N) is 1. The molecule has 0 aromatic heterocycles. The third-order valence-corrected chi connectivity index (χ3v) is 3.71. The maximum Gasteiger partial charge on any atom is 0.294 e. The van der Waals surface area contributed by atoms with E-state index >= 15 is 0 Å². The van der Waals surface area contributed by atoms with Crippen molar-refractivity contribution in [3.63, 3.8) is 0 Å². The topological polar surface area (TPSA) is 105 Å². The summed E-state index contributed by atoms with van der Waals surface area (Å²) in [5.74, 6) is 5.14. The number of piperazine rings is 1. The Balaban J connectivity index is 2.35. The predicted molar refractivity (Wildman–Crippen MR) is 78.9 cm³/mol. The number of nitro benzene ring substituents is 1.